The summed E-state index contributed by atoms with van der Waals surface area (Å²) in [6.45, 7) is 0. The van der Waals surface area contributed by atoms with E-state index in [0.717, 1.165) is 0 Å². The van der Waals surface area contributed by atoms with Gasteiger partial charge in [0.05, 0.1) is 25.3 Å². The summed E-state index contributed by atoms with van der Waals surface area (Å²) in [7, 11) is -0.133. The van der Waals surface area contributed by atoms with Crippen LogP contribution >= 0.6 is 7.92 Å². The zero-order chi connectivity index (χ0) is 25.3. The molecule has 1 aliphatic rings. The van der Waals surface area contributed by atoms with Crippen molar-refractivity contribution < 1.29 is 45.4 Å². The molecular weight excluding hydrogens is 485 g/mol. The second-order valence-corrected chi connectivity index (χ2v) is 9.96. The third kappa shape index (κ3) is 5.06. The molecule has 0 aliphatic heterocycles. The number of carbonyl (C=O) groups is 2. The lowest BCUT2D eigenvalue weighted by Gasteiger charge is -2.26. The number of hydrogen-bond donors (Lipinski definition) is 0. The van der Waals surface area contributed by atoms with Crippen molar-refractivity contribution in [1.82, 2.24) is 0 Å². The van der Waals surface area contributed by atoms with Crippen LogP contribution in [0.15, 0.2) is 36.4 Å². The standard InChI is InChI=1S/C23H21F6O4P/c1-32-16-11-6-12-17(33-2)19(16)21(31)34(13-7-3-4-8-13)20(30)18-14(22(24,25)26)9-5-10-15(18)23(27,28)29/h5-6,9-13H,3-4,7-8H2,1-2H3. The van der Waals surface area contributed by atoms with Crippen LogP contribution in [-0.2, 0) is 12.4 Å². The lowest BCUT2D eigenvalue weighted by Crippen LogP contribution is -2.23. The summed E-state index contributed by atoms with van der Waals surface area (Å²) in [6.07, 6.45) is -8.55. The van der Waals surface area contributed by atoms with E-state index in [4.69, 9.17) is 9.47 Å². The Bertz CT molecular complexity index is 1020. The highest BCUT2D eigenvalue weighted by Gasteiger charge is 2.47. The molecule has 0 radical (unpaired) electrons. The largest absolute Gasteiger partial charge is 0.496 e. The molecule has 34 heavy (non-hydrogen) atoms. The molecule has 0 spiro atoms. The summed E-state index contributed by atoms with van der Waals surface area (Å²) in [5, 5.41) is 0. The monoisotopic (exact) mass is 506 g/mol. The number of rotatable bonds is 7. The Morgan fingerprint density at radius 1 is 0.765 bits per heavy atom. The second kappa shape index (κ2) is 9.94. The average Bonchev–Trinajstić information content (AvgIpc) is 3.30. The molecule has 3 rings (SSSR count). The summed E-state index contributed by atoms with van der Waals surface area (Å²) < 4.78 is 92.9. The first-order chi connectivity index (χ1) is 15.9. The second-order valence-electron chi connectivity index (χ2n) is 7.68. The highest BCUT2D eigenvalue weighted by Crippen LogP contribution is 2.57. The SMILES string of the molecule is COc1cccc(OC)c1C(=O)P(C(=O)c1c(C(F)(F)F)cccc1C(F)(F)F)C1CCCC1. The van der Waals surface area contributed by atoms with Gasteiger partial charge in [0, 0.05) is 13.5 Å². The highest BCUT2D eigenvalue weighted by molar-refractivity contribution is 7.90. The number of carbonyl (C=O) groups excluding carboxylic acids is 2. The Labute approximate surface area is 193 Å². The Hall–Kier alpha value is -2.61. The van der Waals surface area contributed by atoms with Gasteiger partial charge in [0.25, 0.3) is 0 Å². The summed E-state index contributed by atoms with van der Waals surface area (Å²) in [5.41, 5.74) is -8.08. The van der Waals surface area contributed by atoms with E-state index in [-0.39, 0.29) is 17.1 Å². The lowest BCUT2D eigenvalue weighted by molar-refractivity contribution is -0.143. The predicted molar refractivity (Wildman–Crippen MR) is 114 cm³/mol. The van der Waals surface area contributed by atoms with Crippen LogP contribution in [-0.4, -0.2) is 30.9 Å². The quantitative estimate of drug-likeness (QED) is 0.296. The van der Waals surface area contributed by atoms with Gasteiger partial charge in [-0.15, -0.1) is 0 Å². The van der Waals surface area contributed by atoms with Crippen molar-refractivity contribution >= 4 is 19.0 Å². The van der Waals surface area contributed by atoms with E-state index in [1.807, 2.05) is 0 Å². The van der Waals surface area contributed by atoms with E-state index in [0.29, 0.717) is 43.9 Å². The Balaban J connectivity index is 2.26. The molecule has 1 atom stereocenters. The molecule has 0 bridgehead atoms. The smallest absolute Gasteiger partial charge is 0.417 e. The predicted octanol–water partition coefficient (Wildman–Crippen LogP) is 7.15. The van der Waals surface area contributed by atoms with E-state index >= 15 is 0 Å². The highest BCUT2D eigenvalue weighted by atomic mass is 31.1. The number of methoxy groups -OCH3 is 2. The van der Waals surface area contributed by atoms with Crippen LogP contribution in [0.1, 0.15) is 57.5 Å². The molecule has 0 aromatic heterocycles. The molecule has 0 heterocycles. The van der Waals surface area contributed by atoms with Crippen LogP contribution in [0.4, 0.5) is 26.3 Å². The van der Waals surface area contributed by atoms with Crippen LogP contribution in [0.5, 0.6) is 11.5 Å². The van der Waals surface area contributed by atoms with E-state index in [1.54, 1.807) is 0 Å². The van der Waals surface area contributed by atoms with Gasteiger partial charge in [-0.1, -0.05) is 25.0 Å². The molecule has 2 aromatic rings. The number of benzene rings is 2. The van der Waals surface area contributed by atoms with E-state index in [9.17, 15) is 35.9 Å². The first-order valence-electron chi connectivity index (χ1n) is 10.3. The maximum Gasteiger partial charge on any atom is 0.417 e. The van der Waals surface area contributed by atoms with Crippen LogP contribution < -0.4 is 9.47 Å². The van der Waals surface area contributed by atoms with E-state index in [1.165, 1.54) is 32.4 Å². The summed E-state index contributed by atoms with van der Waals surface area (Å²) in [5.74, 6) is 0.0330. The fraction of sp³-hybridized carbons (Fsp3) is 0.391. The van der Waals surface area contributed by atoms with Crippen LogP contribution in [0.25, 0.3) is 0 Å². The van der Waals surface area contributed by atoms with Gasteiger partial charge in [-0.3, -0.25) is 9.59 Å². The normalized spacial score (nSPS) is 15.8. The van der Waals surface area contributed by atoms with Crippen molar-refractivity contribution in [2.75, 3.05) is 14.2 Å². The first-order valence-corrected chi connectivity index (χ1v) is 11.7. The topological polar surface area (TPSA) is 52.6 Å². The van der Waals surface area contributed by atoms with Crippen LogP contribution in [0.2, 0.25) is 0 Å². The molecule has 184 valence electrons. The van der Waals surface area contributed by atoms with Gasteiger partial charge in [0.2, 0.25) is 0 Å². The third-order valence-corrected chi connectivity index (χ3v) is 8.23. The molecule has 1 unspecified atom stereocenters. The average molecular weight is 506 g/mol. The molecule has 0 amide bonds. The van der Waals surface area contributed by atoms with E-state index < -0.39 is 53.7 Å². The van der Waals surface area contributed by atoms with Gasteiger partial charge < -0.3 is 9.47 Å². The van der Waals surface area contributed by atoms with Gasteiger partial charge in [-0.2, -0.15) is 26.3 Å². The molecule has 1 aliphatic carbocycles. The summed E-state index contributed by atoms with van der Waals surface area (Å²) in [6, 6.07) is 5.79. The van der Waals surface area contributed by atoms with Gasteiger partial charge in [0.15, 0.2) is 11.0 Å². The fourth-order valence-corrected chi connectivity index (χ4v) is 6.82. The summed E-state index contributed by atoms with van der Waals surface area (Å²) >= 11 is 0. The fourth-order valence-electron chi connectivity index (χ4n) is 4.14. The van der Waals surface area contributed by atoms with Crippen molar-refractivity contribution in [1.29, 1.82) is 0 Å². The van der Waals surface area contributed by atoms with Gasteiger partial charge in [-0.25, -0.2) is 0 Å². The number of hydrogen-bond acceptors (Lipinski definition) is 4. The molecule has 0 N–H and O–H groups in total. The molecule has 11 heteroatoms. The Morgan fingerprint density at radius 2 is 1.18 bits per heavy atom. The summed E-state index contributed by atoms with van der Waals surface area (Å²) in [4.78, 5) is 27.3. The Morgan fingerprint density at radius 3 is 1.59 bits per heavy atom. The molecule has 1 fully saturated rings. The van der Waals surface area contributed by atoms with Crippen molar-refractivity contribution in [2.45, 2.75) is 43.7 Å². The Kier molecular flexibility index (Phi) is 7.60. The van der Waals surface area contributed by atoms with E-state index in [2.05, 4.69) is 0 Å². The van der Waals surface area contributed by atoms with Gasteiger partial charge in [0.1, 0.15) is 17.1 Å². The molecular formula is C23H21F6O4P. The van der Waals surface area contributed by atoms with Crippen molar-refractivity contribution in [3.63, 3.8) is 0 Å². The van der Waals surface area contributed by atoms with Crippen molar-refractivity contribution in [3.05, 3.63) is 58.7 Å². The maximum atomic E-state index is 13.7. The van der Waals surface area contributed by atoms with Crippen LogP contribution in [0.3, 0.4) is 0 Å². The first kappa shape index (κ1) is 26.0. The minimum atomic E-state index is -5.23. The van der Waals surface area contributed by atoms with Crippen molar-refractivity contribution in [3.8, 4) is 11.5 Å². The molecule has 0 saturated heterocycles. The zero-order valence-corrected chi connectivity index (χ0v) is 19.1. The number of alkyl halides is 6. The van der Waals surface area contributed by atoms with Crippen molar-refractivity contribution in [2.24, 2.45) is 0 Å². The van der Waals surface area contributed by atoms with Gasteiger partial charge >= 0.3 is 12.4 Å². The number of ether oxygens (including phenoxy) is 2. The third-order valence-electron chi connectivity index (χ3n) is 5.66. The lowest BCUT2D eigenvalue weighted by atomic mass is 10.0. The van der Waals surface area contributed by atoms with Gasteiger partial charge in [-0.05, 0) is 42.8 Å². The minimum absolute atomic E-state index is 0.0165. The zero-order valence-electron chi connectivity index (χ0n) is 18.2. The van der Waals surface area contributed by atoms with Crippen LogP contribution in [0, 0.1) is 0 Å². The maximum absolute atomic E-state index is 13.7. The number of halogens is 6. The molecule has 4 nitrogen and oxygen atoms in total. The molecule has 1 saturated carbocycles. The molecule has 2 aromatic carbocycles. The minimum Gasteiger partial charge on any atom is -0.496 e.